The van der Waals surface area contributed by atoms with Crippen LogP contribution in [0.3, 0.4) is 0 Å². The molecule has 1 saturated carbocycles. The Labute approximate surface area is 134 Å². The fraction of sp³-hybridized carbons (Fsp3) is 0.353. The number of aryl methyl sites for hydroxylation is 1. The Balaban J connectivity index is 1.90. The van der Waals surface area contributed by atoms with Crippen molar-refractivity contribution in [2.24, 2.45) is 0 Å². The molecule has 1 aromatic heterocycles. The van der Waals surface area contributed by atoms with Gasteiger partial charge in [-0.15, -0.1) is 0 Å². The molecule has 0 bridgehead atoms. The molecular weight excluding hydrogens is 292 g/mol. The molecule has 0 aliphatic heterocycles. The molecule has 0 spiro atoms. The first-order valence-corrected chi connectivity index (χ1v) is 7.73. The first-order valence-electron chi connectivity index (χ1n) is 7.73. The summed E-state index contributed by atoms with van der Waals surface area (Å²) in [5, 5.41) is 9.79. The summed E-state index contributed by atoms with van der Waals surface area (Å²) in [5.41, 5.74) is 2.85. The second kappa shape index (κ2) is 6.24. The molecule has 0 atom stereocenters. The normalized spacial score (nSPS) is 13.7. The minimum Gasteiger partial charge on any atom is -0.354 e. The third-order valence-corrected chi connectivity index (χ3v) is 3.80. The largest absolute Gasteiger partial charge is 0.354 e. The lowest BCUT2D eigenvalue weighted by molar-refractivity contribution is 0.0937. The highest BCUT2D eigenvalue weighted by Crippen LogP contribution is 2.20. The first kappa shape index (κ1) is 15.3. The molecule has 1 aliphatic rings. The van der Waals surface area contributed by atoms with E-state index in [-0.39, 0.29) is 23.6 Å². The van der Waals surface area contributed by atoms with E-state index >= 15 is 0 Å². The van der Waals surface area contributed by atoms with E-state index in [1.165, 1.54) is 0 Å². The second-order valence-corrected chi connectivity index (χ2v) is 5.89. The molecule has 1 aliphatic carbocycles. The molecule has 2 N–H and O–H groups in total. The van der Waals surface area contributed by atoms with Gasteiger partial charge in [-0.2, -0.15) is 5.10 Å². The van der Waals surface area contributed by atoms with E-state index in [2.05, 4.69) is 15.7 Å². The number of rotatable bonds is 5. The van der Waals surface area contributed by atoms with Crippen LogP contribution in [0.25, 0.3) is 0 Å². The lowest BCUT2D eigenvalue weighted by Crippen LogP contribution is -2.28. The van der Waals surface area contributed by atoms with Crippen LogP contribution in [0.2, 0.25) is 0 Å². The van der Waals surface area contributed by atoms with Crippen LogP contribution in [-0.2, 0) is 6.54 Å². The molecule has 6 nitrogen and oxygen atoms in total. The van der Waals surface area contributed by atoms with Crippen LogP contribution in [0.1, 0.15) is 44.9 Å². The molecule has 0 radical (unpaired) electrons. The number of hydrogen-bond acceptors (Lipinski definition) is 3. The Morgan fingerprint density at radius 2 is 2.04 bits per heavy atom. The van der Waals surface area contributed by atoms with Gasteiger partial charge in [-0.1, -0.05) is 29.8 Å². The Morgan fingerprint density at radius 1 is 1.26 bits per heavy atom. The average molecular weight is 312 g/mol. The van der Waals surface area contributed by atoms with Gasteiger partial charge < -0.3 is 10.6 Å². The smallest absolute Gasteiger partial charge is 0.271 e. The standard InChI is InChI=1S/C17H20N4O2/c1-11-4-3-5-12(8-11)10-21-15(17(23)19-13-6-7-13)9-14(20-21)16(22)18-2/h3-5,8-9,13H,6-7,10H2,1-2H3,(H,18,22)(H,19,23). The Bertz CT molecular complexity index is 747. The zero-order valence-electron chi connectivity index (χ0n) is 13.3. The van der Waals surface area contributed by atoms with E-state index in [1.807, 2.05) is 31.2 Å². The molecule has 2 amide bonds. The minimum absolute atomic E-state index is 0.178. The molecule has 3 rings (SSSR count). The van der Waals surface area contributed by atoms with Crippen LogP contribution in [-0.4, -0.2) is 34.7 Å². The van der Waals surface area contributed by atoms with Gasteiger partial charge in [0.2, 0.25) is 0 Å². The number of benzene rings is 1. The quantitative estimate of drug-likeness (QED) is 0.878. The number of aromatic nitrogens is 2. The maximum absolute atomic E-state index is 12.4. The van der Waals surface area contributed by atoms with Crippen LogP contribution in [0.15, 0.2) is 30.3 Å². The van der Waals surface area contributed by atoms with E-state index in [9.17, 15) is 9.59 Å². The van der Waals surface area contributed by atoms with Crippen LogP contribution in [0.4, 0.5) is 0 Å². The van der Waals surface area contributed by atoms with Crippen molar-refractivity contribution in [3.8, 4) is 0 Å². The highest BCUT2D eigenvalue weighted by Gasteiger charge is 2.26. The minimum atomic E-state index is -0.298. The zero-order valence-corrected chi connectivity index (χ0v) is 13.3. The summed E-state index contributed by atoms with van der Waals surface area (Å²) in [6.07, 6.45) is 2.03. The van der Waals surface area contributed by atoms with Crippen molar-refractivity contribution in [3.63, 3.8) is 0 Å². The van der Waals surface area contributed by atoms with Gasteiger partial charge in [0, 0.05) is 19.2 Å². The Morgan fingerprint density at radius 3 is 2.70 bits per heavy atom. The fourth-order valence-corrected chi connectivity index (χ4v) is 2.43. The number of nitrogens with one attached hydrogen (secondary N) is 2. The van der Waals surface area contributed by atoms with E-state index in [0.29, 0.717) is 12.2 Å². The molecule has 6 heteroatoms. The summed E-state index contributed by atoms with van der Waals surface area (Å²) < 4.78 is 1.59. The molecule has 0 saturated heterocycles. The van der Waals surface area contributed by atoms with Crippen molar-refractivity contribution in [2.45, 2.75) is 32.4 Å². The van der Waals surface area contributed by atoms with Crippen molar-refractivity contribution in [1.82, 2.24) is 20.4 Å². The van der Waals surface area contributed by atoms with Crippen LogP contribution in [0.5, 0.6) is 0 Å². The van der Waals surface area contributed by atoms with Gasteiger partial charge in [0.05, 0.1) is 6.54 Å². The molecule has 1 aromatic carbocycles. The molecule has 2 aromatic rings. The van der Waals surface area contributed by atoms with Crippen molar-refractivity contribution in [2.75, 3.05) is 7.05 Å². The summed E-state index contributed by atoms with van der Waals surface area (Å²) in [6, 6.07) is 9.82. The van der Waals surface area contributed by atoms with Crippen molar-refractivity contribution < 1.29 is 9.59 Å². The van der Waals surface area contributed by atoms with Crippen molar-refractivity contribution >= 4 is 11.8 Å². The monoisotopic (exact) mass is 312 g/mol. The van der Waals surface area contributed by atoms with Crippen molar-refractivity contribution in [3.05, 3.63) is 52.8 Å². The fourth-order valence-electron chi connectivity index (χ4n) is 2.43. The third kappa shape index (κ3) is 3.59. The van der Waals surface area contributed by atoms with Gasteiger partial charge >= 0.3 is 0 Å². The molecular formula is C17H20N4O2. The topological polar surface area (TPSA) is 76.0 Å². The summed E-state index contributed by atoms with van der Waals surface area (Å²) in [4.78, 5) is 24.2. The number of hydrogen-bond donors (Lipinski definition) is 2. The molecule has 1 heterocycles. The van der Waals surface area contributed by atoms with Crippen LogP contribution < -0.4 is 10.6 Å². The van der Waals surface area contributed by atoms with Gasteiger partial charge in [0.15, 0.2) is 5.69 Å². The predicted octanol–water partition coefficient (Wildman–Crippen LogP) is 1.49. The molecule has 120 valence electrons. The molecule has 0 unspecified atom stereocenters. The number of carbonyl (C=O) groups excluding carboxylic acids is 2. The van der Waals surface area contributed by atoms with Crippen LogP contribution in [0, 0.1) is 6.92 Å². The van der Waals surface area contributed by atoms with Gasteiger partial charge in [0.25, 0.3) is 11.8 Å². The van der Waals surface area contributed by atoms with E-state index < -0.39 is 0 Å². The summed E-state index contributed by atoms with van der Waals surface area (Å²) in [5.74, 6) is -0.476. The van der Waals surface area contributed by atoms with Gasteiger partial charge in [-0.05, 0) is 25.3 Å². The number of carbonyl (C=O) groups is 2. The summed E-state index contributed by atoms with van der Waals surface area (Å²) >= 11 is 0. The van der Waals surface area contributed by atoms with Crippen LogP contribution >= 0.6 is 0 Å². The molecule has 1 fully saturated rings. The lowest BCUT2D eigenvalue weighted by atomic mass is 10.1. The molecule has 23 heavy (non-hydrogen) atoms. The Hall–Kier alpha value is -2.63. The zero-order chi connectivity index (χ0) is 16.4. The second-order valence-electron chi connectivity index (χ2n) is 5.89. The first-order chi connectivity index (χ1) is 11.1. The van der Waals surface area contributed by atoms with E-state index in [1.54, 1.807) is 17.8 Å². The Kier molecular flexibility index (Phi) is 4.14. The average Bonchev–Trinajstić information content (AvgIpc) is 3.24. The third-order valence-electron chi connectivity index (χ3n) is 3.80. The predicted molar refractivity (Wildman–Crippen MR) is 86.4 cm³/mol. The van der Waals surface area contributed by atoms with Gasteiger partial charge in [-0.3, -0.25) is 14.3 Å². The van der Waals surface area contributed by atoms with E-state index in [0.717, 1.165) is 24.0 Å². The lowest BCUT2D eigenvalue weighted by Gasteiger charge is -2.08. The van der Waals surface area contributed by atoms with Gasteiger partial charge in [-0.25, -0.2) is 0 Å². The maximum Gasteiger partial charge on any atom is 0.271 e. The summed E-state index contributed by atoms with van der Waals surface area (Å²) in [7, 11) is 1.55. The maximum atomic E-state index is 12.4. The number of amides is 2. The SMILES string of the molecule is CNC(=O)c1cc(C(=O)NC2CC2)n(Cc2cccc(C)c2)n1. The highest BCUT2D eigenvalue weighted by atomic mass is 16.2. The van der Waals surface area contributed by atoms with Gasteiger partial charge in [0.1, 0.15) is 5.69 Å². The highest BCUT2D eigenvalue weighted by molar-refractivity contribution is 5.98. The summed E-state index contributed by atoms with van der Waals surface area (Å²) in [6.45, 7) is 2.47. The van der Waals surface area contributed by atoms with Crippen molar-refractivity contribution in [1.29, 1.82) is 0 Å². The number of nitrogens with zero attached hydrogens (tertiary/aromatic N) is 2. The van der Waals surface area contributed by atoms with E-state index in [4.69, 9.17) is 0 Å².